The summed E-state index contributed by atoms with van der Waals surface area (Å²) < 4.78 is 7.24. The molecule has 7 nitrogen and oxygen atoms in total. The number of hydrogen-bond acceptors (Lipinski definition) is 4. The largest absolute Gasteiger partial charge is 0.465 e. The van der Waals surface area contributed by atoms with E-state index in [0.29, 0.717) is 11.5 Å². The van der Waals surface area contributed by atoms with Crippen LogP contribution in [0.15, 0.2) is 22.9 Å². The van der Waals surface area contributed by atoms with E-state index in [2.05, 4.69) is 15.5 Å². The van der Waals surface area contributed by atoms with Crippen molar-refractivity contribution in [3.8, 4) is 11.1 Å². The second-order valence-electron chi connectivity index (χ2n) is 5.62. The number of nitrogens with one attached hydrogen (secondary N) is 1. The van der Waals surface area contributed by atoms with E-state index in [1.165, 1.54) is 0 Å². The molecular weight excluding hydrogens is 296 g/mol. The lowest BCUT2D eigenvalue weighted by Gasteiger charge is -2.16. The van der Waals surface area contributed by atoms with Crippen LogP contribution in [0.25, 0.3) is 22.2 Å². The van der Waals surface area contributed by atoms with E-state index < -0.39 is 12.1 Å². The molecule has 3 aromatic rings. The SMILES string of the molecule is Cc1noc(C)c1-c1cc2c(ccn2C)nc1[C@H](C)NC(=O)O. The van der Waals surface area contributed by atoms with Gasteiger partial charge in [-0.25, -0.2) is 9.78 Å². The van der Waals surface area contributed by atoms with Crippen molar-refractivity contribution in [3.05, 3.63) is 35.5 Å². The zero-order valence-corrected chi connectivity index (χ0v) is 13.4. The van der Waals surface area contributed by atoms with Crippen molar-refractivity contribution >= 4 is 17.1 Å². The summed E-state index contributed by atoms with van der Waals surface area (Å²) in [5.74, 6) is 0.682. The van der Waals surface area contributed by atoms with Gasteiger partial charge >= 0.3 is 6.09 Å². The Balaban J connectivity index is 2.28. The Kier molecular flexibility index (Phi) is 3.55. The van der Waals surface area contributed by atoms with Gasteiger partial charge in [0.05, 0.1) is 28.5 Å². The number of carbonyl (C=O) groups is 1. The quantitative estimate of drug-likeness (QED) is 0.774. The topological polar surface area (TPSA) is 93.2 Å². The van der Waals surface area contributed by atoms with E-state index in [-0.39, 0.29) is 0 Å². The molecule has 2 N–H and O–H groups in total. The maximum Gasteiger partial charge on any atom is 0.405 e. The first kappa shape index (κ1) is 15.1. The number of aromatic nitrogens is 3. The Morgan fingerprint density at radius 2 is 2.17 bits per heavy atom. The first-order chi connectivity index (χ1) is 10.9. The maximum absolute atomic E-state index is 11.0. The molecule has 0 aliphatic carbocycles. The predicted molar refractivity (Wildman–Crippen MR) is 85.3 cm³/mol. The Hall–Kier alpha value is -2.83. The molecule has 1 amide bonds. The van der Waals surface area contributed by atoms with Gasteiger partial charge in [0.25, 0.3) is 0 Å². The van der Waals surface area contributed by atoms with Gasteiger partial charge in [0.1, 0.15) is 5.76 Å². The van der Waals surface area contributed by atoms with Crippen LogP contribution in [0.2, 0.25) is 0 Å². The smallest absolute Gasteiger partial charge is 0.405 e. The molecule has 23 heavy (non-hydrogen) atoms. The molecule has 1 atom stereocenters. The molecule has 0 aromatic carbocycles. The van der Waals surface area contributed by atoms with Crippen molar-refractivity contribution in [1.82, 2.24) is 20.0 Å². The van der Waals surface area contributed by atoms with E-state index in [4.69, 9.17) is 9.63 Å². The van der Waals surface area contributed by atoms with Crippen molar-refractivity contribution in [2.24, 2.45) is 7.05 Å². The lowest BCUT2D eigenvalue weighted by atomic mass is 9.98. The zero-order chi connectivity index (χ0) is 16.7. The van der Waals surface area contributed by atoms with E-state index in [1.54, 1.807) is 6.92 Å². The van der Waals surface area contributed by atoms with E-state index in [1.807, 2.05) is 43.8 Å². The monoisotopic (exact) mass is 314 g/mol. The van der Waals surface area contributed by atoms with Crippen LogP contribution >= 0.6 is 0 Å². The molecule has 7 heteroatoms. The molecule has 3 rings (SSSR count). The Labute approximate surface area is 132 Å². The summed E-state index contributed by atoms with van der Waals surface area (Å²) in [4.78, 5) is 15.7. The fraction of sp³-hybridized carbons (Fsp3) is 0.312. The van der Waals surface area contributed by atoms with Gasteiger partial charge in [-0.1, -0.05) is 5.16 Å². The number of fused-ring (bicyclic) bond motifs is 1. The van der Waals surface area contributed by atoms with Crippen molar-refractivity contribution < 1.29 is 14.4 Å². The van der Waals surface area contributed by atoms with Gasteiger partial charge in [0.2, 0.25) is 0 Å². The van der Waals surface area contributed by atoms with Crippen molar-refractivity contribution in [1.29, 1.82) is 0 Å². The first-order valence-electron chi connectivity index (χ1n) is 7.27. The molecule has 0 fully saturated rings. The van der Waals surface area contributed by atoms with Crippen molar-refractivity contribution in [2.45, 2.75) is 26.8 Å². The second kappa shape index (κ2) is 5.42. The molecule has 0 spiro atoms. The molecule has 3 heterocycles. The minimum Gasteiger partial charge on any atom is -0.465 e. The minimum absolute atomic E-state index is 0.458. The third-order valence-corrected chi connectivity index (χ3v) is 3.95. The van der Waals surface area contributed by atoms with Crippen molar-refractivity contribution in [3.63, 3.8) is 0 Å². The van der Waals surface area contributed by atoms with E-state index >= 15 is 0 Å². The molecule has 0 aliphatic heterocycles. The summed E-state index contributed by atoms with van der Waals surface area (Å²) in [5, 5.41) is 15.5. The summed E-state index contributed by atoms with van der Waals surface area (Å²) in [7, 11) is 1.94. The number of carboxylic acid groups (broad SMARTS) is 1. The van der Waals surface area contributed by atoms with Gasteiger partial charge in [-0.2, -0.15) is 0 Å². The van der Waals surface area contributed by atoms with Gasteiger partial charge < -0.3 is 19.5 Å². The summed E-state index contributed by atoms with van der Waals surface area (Å²) in [6.45, 7) is 5.47. The number of nitrogens with zero attached hydrogens (tertiary/aromatic N) is 3. The van der Waals surface area contributed by atoms with Gasteiger partial charge in [-0.15, -0.1) is 0 Å². The average molecular weight is 314 g/mol. The summed E-state index contributed by atoms with van der Waals surface area (Å²) >= 11 is 0. The van der Waals surface area contributed by atoms with E-state index in [9.17, 15) is 4.79 Å². The Bertz CT molecular complexity index is 875. The normalized spacial score (nSPS) is 12.5. The zero-order valence-electron chi connectivity index (χ0n) is 13.4. The van der Waals surface area contributed by atoms with Gasteiger partial charge in [-0.05, 0) is 32.9 Å². The second-order valence-corrected chi connectivity index (χ2v) is 5.62. The predicted octanol–water partition coefficient (Wildman–Crippen LogP) is 3.17. The number of amides is 1. The number of hydrogen-bond donors (Lipinski definition) is 2. The fourth-order valence-corrected chi connectivity index (χ4v) is 2.85. The average Bonchev–Trinajstić information content (AvgIpc) is 3.00. The fourth-order valence-electron chi connectivity index (χ4n) is 2.85. The minimum atomic E-state index is -1.09. The van der Waals surface area contributed by atoms with Crippen LogP contribution in [0, 0.1) is 13.8 Å². The Morgan fingerprint density at radius 3 is 2.78 bits per heavy atom. The molecule has 0 radical (unpaired) electrons. The summed E-state index contributed by atoms with van der Waals surface area (Å²) in [5.41, 5.74) is 4.87. The van der Waals surface area contributed by atoms with Crippen LogP contribution in [0.4, 0.5) is 4.79 Å². The Morgan fingerprint density at radius 1 is 1.43 bits per heavy atom. The summed E-state index contributed by atoms with van der Waals surface area (Å²) in [6.07, 6.45) is 0.839. The number of pyridine rings is 1. The van der Waals surface area contributed by atoms with Crippen LogP contribution in [-0.4, -0.2) is 25.9 Å². The molecular formula is C16H18N4O3. The highest BCUT2D eigenvalue weighted by Gasteiger charge is 2.22. The third-order valence-electron chi connectivity index (χ3n) is 3.95. The summed E-state index contributed by atoms with van der Waals surface area (Å²) in [6, 6.07) is 3.45. The number of aryl methyl sites for hydroxylation is 3. The van der Waals surface area contributed by atoms with E-state index in [0.717, 1.165) is 27.9 Å². The molecule has 0 saturated carbocycles. The standard InChI is InChI=1S/C16H18N4O3/c1-8-14(10(3)23-19-8)11-7-13-12(5-6-20(13)4)18-15(11)9(2)17-16(21)22/h5-7,9,17H,1-4H3,(H,21,22)/t9-/m0/s1. The van der Waals surface area contributed by atoms with Crippen LogP contribution in [0.5, 0.6) is 0 Å². The highest BCUT2D eigenvalue weighted by molar-refractivity contribution is 5.84. The van der Waals surface area contributed by atoms with Crippen LogP contribution < -0.4 is 5.32 Å². The first-order valence-corrected chi connectivity index (χ1v) is 7.27. The van der Waals surface area contributed by atoms with Gasteiger partial charge in [-0.3, -0.25) is 0 Å². The van der Waals surface area contributed by atoms with Crippen LogP contribution in [-0.2, 0) is 7.05 Å². The maximum atomic E-state index is 11.0. The van der Waals surface area contributed by atoms with Gasteiger partial charge in [0, 0.05) is 24.4 Å². The molecule has 0 aliphatic rings. The molecule has 120 valence electrons. The van der Waals surface area contributed by atoms with Crippen molar-refractivity contribution in [2.75, 3.05) is 0 Å². The van der Waals surface area contributed by atoms with Crippen LogP contribution in [0.3, 0.4) is 0 Å². The molecule has 3 aromatic heterocycles. The third kappa shape index (κ3) is 2.54. The highest BCUT2D eigenvalue weighted by atomic mass is 16.5. The lowest BCUT2D eigenvalue weighted by Crippen LogP contribution is -2.25. The molecule has 0 bridgehead atoms. The van der Waals surface area contributed by atoms with Gasteiger partial charge in [0.15, 0.2) is 0 Å². The lowest BCUT2D eigenvalue weighted by molar-refractivity contribution is 0.190. The molecule has 0 saturated heterocycles. The highest BCUT2D eigenvalue weighted by Crippen LogP contribution is 2.34. The molecule has 0 unspecified atom stereocenters. The van der Waals surface area contributed by atoms with Crippen LogP contribution in [0.1, 0.15) is 30.1 Å². The number of rotatable bonds is 3.